The number of hydrogen-bond donors (Lipinski definition) is 2. The van der Waals surface area contributed by atoms with E-state index in [1.165, 1.54) is 9.70 Å². The first-order valence-corrected chi connectivity index (χ1v) is 7.59. The highest BCUT2D eigenvalue weighted by Crippen LogP contribution is 2.36. The molecule has 0 aromatic carbocycles. The molecule has 0 spiro atoms. The van der Waals surface area contributed by atoms with E-state index in [2.05, 4.69) is 33.7 Å². The van der Waals surface area contributed by atoms with Gasteiger partial charge in [0, 0.05) is 17.8 Å². The van der Waals surface area contributed by atoms with Crippen molar-refractivity contribution in [1.82, 2.24) is 25.1 Å². The van der Waals surface area contributed by atoms with Gasteiger partial charge in [0.25, 0.3) is 5.95 Å². The first-order valence-electron chi connectivity index (χ1n) is 7.59. The fourth-order valence-electron chi connectivity index (χ4n) is 3.15. The molecule has 23 heavy (non-hydrogen) atoms. The Hall–Kier alpha value is -2.64. The molecule has 1 aliphatic carbocycles. The lowest BCUT2D eigenvalue weighted by atomic mass is 9.88. The number of aryl methyl sites for hydroxylation is 1. The molecular weight excluding hydrogens is 296 g/mol. The minimum Gasteiger partial charge on any atom is -0.465 e. The van der Waals surface area contributed by atoms with Crippen LogP contribution in [0.15, 0.2) is 34.7 Å². The Bertz CT molecular complexity index is 730. The largest absolute Gasteiger partial charge is 0.465 e. The molecule has 1 aromatic rings. The van der Waals surface area contributed by atoms with E-state index in [-0.39, 0.29) is 0 Å². The Morgan fingerprint density at radius 2 is 2.26 bits per heavy atom. The zero-order valence-corrected chi connectivity index (χ0v) is 13.4. The summed E-state index contributed by atoms with van der Waals surface area (Å²) >= 11 is 0. The van der Waals surface area contributed by atoms with Gasteiger partial charge in [0.15, 0.2) is 0 Å². The lowest BCUT2D eigenvalue weighted by Crippen LogP contribution is -2.32. The number of anilines is 1. The summed E-state index contributed by atoms with van der Waals surface area (Å²) < 4.78 is 0. The van der Waals surface area contributed by atoms with E-state index in [1.807, 2.05) is 13.0 Å². The lowest BCUT2D eigenvalue weighted by molar-refractivity contribution is 0.159. The summed E-state index contributed by atoms with van der Waals surface area (Å²) in [6.45, 7) is 4.56. The maximum Gasteiger partial charge on any atom is 0.411 e. The molecular formula is C15H20N6O2. The first-order chi connectivity index (χ1) is 11.0. The number of hydrogen-bond acceptors (Lipinski definition) is 5. The van der Waals surface area contributed by atoms with Gasteiger partial charge in [-0.1, -0.05) is 24.2 Å². The average molecular weight is 316 g/mol. The van der Waals surface area contributed by atoms with E-state index in [4.69, 9.17) is 0 Å². The molecule has 0 bridgehead atoms. The molecule has 2 N–H and O–H groups in total. The van der Waals surface area contributed by atoms with Gasteiger partial charge in [-0.05, 0) is 36.5 Å². The topological polar surface area (TPSA) is 96.2 Å². The Kier molecular flexibility index (Phi) is 3.89. The highest BCUT2D eigenvalue weighted by atomic mass is 16.4. The predicted octanol–water partition coefficient (Wildman–Crippen LogP) is 2.13. The van der Waals surface area contributed by atoms with Crippen molar-refractivity contribution in [2.45, 2.75) is 26.7 Å². The zero-order chi connectivity index (χ0) is 16.6. The number of aromatic nitrogens is 4. The molecule has 1 aromatic heterocycles. The van der Waals surface area contributed by atoms with Crippen LogP contribution in [-0.4, -0.2) is 42.9 Å². The van der Waals surface area contributed by atoms with Crippen LogP contribution in [0.4, 0.5) is 10.7 Å². The van der Waals surface area contributed by atoms with Crippen molar-refractivity contribution in [1.29, 1.82) is 0 Å². The molecule has 0 saturated carbocycles. The Morgan fingerprint density at radius 3 is 2.91 bits per heavy atom. The highest BCUT2D eigenvalue weighted by molar-refractivity contribution is 5.72. The van der Waals surface area contributed by atoms with Gasteiger partial charge in [-0.25, -0.2) is 4.79 Å². The number of amides is 1. The summed E-state index contributed by atoms with van der Waals surface area (Å²) in [5.41, 5.74) is 3.59. The van der Waals surface area contributed by atoms with E-state index in [0.29, 0.717) is 24.8 Å². The van der Waals surface area contributed by atoms with Gasteiger partial charge >= 0.3 is 6.09 Å². The predicted molar refractivity (Wildman–Crippen MR) is 84.4 cm³/mol. The van der Waals surface area contributed by atoms with Gasteiger partial charge in [0.1, 0.15) is 0 Å². The fourth-order valence-corrected chi connectivity index (χ4v) is 3.15. The standard InChI is InChI=1S/C15H20N6O2/c1-9-7-10(2)13-11(8-9)12(5-4-6-21(13)15(22)23)16-14-17-19-20(3)18-14/h5,8-9H,4,6-7H2,1-3H3,(H,16,18)(H,22,23). The number of tetrazole rings is 1. The van der Waals surface area contributed by atoms with Crippen LogP contribution in [0.3, 0.4) is 0 Å². The quantitative estimate of drug-likeness (QED) is 0.867. The Labute approximate surface area is 134 Å². The molecule has 3 rings (SSSR count). The number of rotatable bonds is 2. The number of carboxylic acid groups (broad SMARTS) is 1. The van der Waals surface area contributed by atoms with Crippen molar-refractivity contribution in [3.8, 4) is 0 Å². The first kappa shape index (κ1) is 15.3. The number of nitrogens with one attached hydrogen (secondary N) is 1. The van der Waals surface area contributed by atoms with Crippen LogP contribution < -0.4 is 5.32 Å². The van der Waals surface area contributed by atoms with Crippen molar-refractivity contribution in [2.24, 2.45) is 13.0 Å². The minimum absolute atomic E-state index is 0.350. The molecule has 1 aliphatic heterocycles. The molecule has 0 radical (unpaired) electrons. The maximum atomic E-state index is 11.6. The second-order valence-electron chi connectivity index (χ2n) is 5.96. The van der Waals surface area contributed by atoms with Crippen LogP contribution in [0.25, 0.3) is 0 Å². The molecule has 1 amide bonds. The normalized spacial score (nSPS) is 21.3. The monoisotopic (exact) mass is 316 g/mol. The number of carbonyl (C=O) groups is 1. The summed E-state index contributed by atoms with van der Waals surface area (Å²) in [7, 11) is 1.70. The SMILES string of the molecule is CC1=C2C(=CC(C)C1)C(Nc1nnn(C)n1)=CCCN2C(=O)O. The zero-order valence-electron chi connectivity index (χ0n) is 13.4. The van der Waals surface area contributed by atoms with Crippen LogP contribution in [0.2, 0.25) is 0 Å². The van der Waals surface area contributed by atoms with Crippen LogP contribution in [0, 0.1) is 5.92 Å². The van der Waals surface area contributed by atoms with Gasteiger partial charge in [-0.2, -0.15) is 4.80 Å². The van der Waals surface area contributed by atoms with Crippen LogP contribution in [0.5, 0.6) is 0 Å². The van der Waals surface area contributed by atoms with Crippen molar-refractivity contribution in [2.75, 3.05) is 11.9 Å². The molecule has 122 valence electrons. The van der Waals surface area contributed by atoms with Gasteiger partial charge < -0.3 is 10.4 Å². The Balaban J connectivity index is 2.01. The van der Waals surface area contributed by atoms with E-state index in [1.54, 1.807) is 7.05 Å². The summed E-state index contributed by atoms with van der Waals surface area (Å²) in [6.07, 6.45) is 4.67. The average Bonchev–Trinajstić information content (AvgIpc) is 2.78. The molecule has 2 aliphatic rings. The third-order valence-electron chi connectivity index (χ3n) is 3.99. The maximum absolute atomic E-state index is 11.6. The van der Waals surface area contributed by atoms with E-state index in [0.717, 1.165) is 29.0 Å². The van der Waals surface area contributed by atoms with Crippen molar-refractivity contribution >= 4 is 12.0 Å². The van der Waals surface area contributed by atoms with Crippen LogP contribution in [-0.2, 0) is 7.05 Å². The molecule has 0 fully saturated rings. The molecule has 8 heteroatoms. The number of allylic oxidation sites excluding steroid dienone is 2. The summed E-state index contributed by atoms with van der Waals surface area (Å²) in [6, 6.07) is 0. The van der Waals surface area contributed by atoms with Gasteiger partial charge in [-0.15, -0.1) is 5.10 Å². The van der Waals surface area contributed by atoms with Crippen molar-refractivity contribution in [3.63, 3.8) is 0 Å². The summed E-state index contributed by atoms with van der Waals surface area (Å²) in [5, 5.41) is 24.6. The van der Waals surface area contributed by atoms with Gasteiger partial charge in [-0.3, -0.25) is 4.90 Å². The van der Waals surface area contributed by atoms with E-state index < -0.39 is 6.09 Å². The van der Waals surface area contributed by atoms with Crippen molar-refractivity contribution in [3.05, 3.63) is 34.7 Å². The third-order valence-corrected chi connectivity index (χ3v) is 3.99. The third kappa shape index (κ3) is 2.96. The fraction of sp³-hybridized carbons (Fsp3) is 0.467. The van der Waals surface area contributed by atoms with E-state index in [9.17, 15) is 9.90 Å². The summed E-state index contributed by atoms with van der Waals surface area (Å²) in [5.74, 6) is 0.751. The van der Waals surface area contributed by atoms with Gasteiger partial charge in [0.2, 0.25) is 0 Å². The molecule has 0 saturated heterocycles. The Morgan fingerprint density at radius 1 is 1.48 bits per heavy atom. The van der Waals surface area contributed by atoms with Crippen molar-refractivity contribution < 1.29 is 9.90 Å². The minimum atomic E-state index is -0.924. The van der Waals surface area contributed by atoms with Crippen LogP contribution >= 0.6 is 0 Å². The van der Waals surface area contributed by atoms with Gasteiger partial charge in [0.05, 0.1) is 12.7 Å². The molecule has 8 nitrogen and oxygen atoms in total. The second-order valence-corrected chi connectivity index (χ2v) is 5.96. The molecule has 1 unspecified atom stereocenters. The summed E-state index contributed by atoms with van der Waals surface area (Å²) in [4.78, 5) is 14.5. The van der Waals surface area contributed by atoms with Crippen LogP contribution in [0.1, 0.15) is 26.7 Å². The lowest BCUT2D eigenvalue weighted by Gasteiger charge is -2.29. The highest BCUT2D eigenvalue weighted by Gasteiger charge is 2.30. The number of fused-ring (bicyclic) bond motifs is 1. The van der Waals surface area contributed by atoms with E-state index >= 15 is 0 Å². The smallest absolute Gasteiger partial charge is 0.411 e. The molecule has 1 atom stereocenters. The second kappa shape index (κ2) is 5.86. The number of nitrogens with zero attached hydrogens (tertiary/aromatic N) is 5. The molecule has 2 heterocycles.